The first kappa shape index (κ1) is 22.7. The molecule has 2 aromatic carbocycles. The van der Waals surface area contributed by atoms with Crippen LogP contribution in [-0.4, -0.2) is 67.3 Å². The highest BCUT2D eigenvalue weighted by molar-refractivity contribution is 5.83. The average molecular weight is 444 g/mol. The molecule has 4 N–H and O–H groups in total. The van der Waals surface area contributed by atoms with Gasteiger partial charge in [0.25, 0.3) is 0 Å². The molecule has 1 fully saturated rings. The molecule has 32 heavy (non-hydrogen) atoms. The van der Waals surface area contributed by atoms with Crippen molar-refractivity contribution in [1.29, 1.82) is 0 Å². The molecule has 9 heteroatoms. The Morgan fingerprint density at radius 3 is 2.47 bits per heavy atom. The largest absolute Gasteiger partial charge is 0.394 e. The molecule has 3 aromatic rings. The molecule has 1 aromatic heterocycles. The fourth-order valence-electron chi connectivity index (χ4n) is 3.85. The van der Waals surface area contributed by atoms with Gasteiger partial charge >= 0.3 is 0 Å². The van der Waals surface area contributed by atoms with E-state index in [2.05, 4.69) is 36.2 Å². The number of hydrogen-bond donors (Lipinski definition) is 4. The number of imidazole rings is 1. The van der Waals surface area contributed by atoms with Gasteiger partial charge in [0.1, 0.15) is 23.8 Å². The molecule has 0 saturated carbocycles. The molecule has 0 amide bonds. The molecule has 0 bridgehead atoms. The van der Waals surface area contributed by atoms with Crippen LogP contribution in [0.5, 0.6) is 5.75 Å². The van der Waals surface area contributed by atoms with E-state index in [1.165, 1.54) is 5.56 Å². The number of aliphatic hydroxyl groups excluding tert-OH is 4. The molecule has 4 rings (SSSR count). The van der Waals surface area contributed by atoms with Crippen LogP contribution in [0.15, 0.2) is 42.7 Å². The fourth-order valence-corrected chi connectivity index (χ4v) is 3.85. The second kappa shape index (κ2) is 9.53. The van der Waals surface area contributed by atoms with Gasteiger partial charge in [-0.3, -0.25) is 0 Å². The molecule has 0 spiro atoms. The summed E-state index contributed by atoms with van der Waals surface area (Å²) in [5.74, 6) is 0.348. The zero-order chi connectivity index (χ0) is 22.8. The van der Waals surface area contributed by atoms with Crippen molar-refractivity contribution in [3.05, 3.63) is 59.4 Å². The van der Waals surface area contributed by atoms with Crippen LogP contribution < -0.4 is 4.89 Å². The van der Waals surface area contributed by atoms with Gasteiger partial charge in [-0.25, -0.2) is 4.98 Å². The summed E-state index contributed by atoms with van der Waals surface area (Å²) in [6, 6.07) is 12.0. The standard InChI is InChI=1S/C23H28N2O7/c1-3-14-4-6-15(7-5-14)10-25-12-24-16-8-13(2)9-17(19(16)25)31-32-22-21(28)20(27)18(11-26)30-23(22)29/h4-9,12,18,20-23,26-29H,3,10-11H2,1-2H3/t18-,20-,21+,22-,23?/m1/s1. The summed E-state index contributed by atoms with van der Waals surface area (Å²) in [5, 5.41) is 39.7. The molecule has 1 saturated heterocycles. The molecule has 1 unspecified atom stereocenters. The minimum absolute atomic E-state index is 0.348. The highest BCUT2D eigenvalue weighted by Gasteiger charge is 2.45. The number of fused-ring (bicyclic) bond motifs is 1. The van der Waals surface area contributed by atoms with E-state index in [0.717, 1.165) is 17.5 Å². The summed E-state index contributed by atoms with van der Waals surface area (Å²) in [7, 11) is 0. The van der Waals surface area contributed by atoms with Crippen LogP contribution >= 0.6 is 0 Å². The van der Waals surface area contributed by atoms with Gasteiger partial charge in [-0.05, 0) is 42.2 Å². The first-order chi connectivity index (χ1) is 15.4. The Labute approximate surface area is 185 Å². The van der Waals surface area contributed by atoms with E-state index in [-0.39, 0.29) is 0 Å². The molecule has 9 nitrogen and oxygen atoms in total. The van der Waals surface area contributed by atoms with E-state index in [4.69, 9.17) is 14.5 Å². The lowest BCUT2D eigenvalue weighted by Gasteiger charge is -2.38. The first-order valence-electron chi connectivity index (χ1n) is 10.6. The van der Waals surface area contributed by atoms with Gasteiger partial charge in [-0.15, -0.1) is 0 Å². The minimum Gasteiger partial charge on any atom is -0.394 e. The van der Waals surface area contributed by atoms with Gasteiger partial charge in [0.05, 0.1) is 18.5 Å². The van der Waals surface area contributed by atoms with Crippen LogP contribution in [0.4, 0.5) is 0 Å². The van der Waals surface area contributed by atoms with Crippen LogP contribution in [0.25, 0.3) is 11.0 Å². The highest BCUT2D eigenvalue weighted by Crippen LogP contribution is 2.30. The number of ether oxygens (including phenoxy) is 1. The van der Waals surface area contributed by atoms with Crippen LogP contribution in [-0.2, 0) is 22.6 Å². The summed E-state index contributed by atoms with van der Waals surface area (Å²) < 4.78 is 7.04. The second-order valence-corrected chi connectivity index (χ2v) is 8.05. The van der Waals surface area contributed by atoms with Gasteiger partial charge in [-0.2, -0.15) is 4.89 Å². The number of aryl methyl sites for hydroxylation is 2. The van der Waals surface area contributed by atoms with E-state index in [1.54, 1.807) is 12.4 Å². The summed E-state index contributed by atoms with van der Waals surface area (Å²) >= 11 is 0. The third-order valence-electron chi connectivity index (χ3n) is 5.70. The summed E-state index contributed by atoms with van der Waals surface area (Å²) in [4.78, 5) is 15.3. The molecule has 1 aliphatic rings. The van der Waals surface area contributed by atoms with Crippen molar-refractivity contribution in [2.24, 2.45) is 0 Å². The van der Waals surface area contributed by atoms with Gasteiger partial charge in [0.15, 0.2) is 18.1 Å². The van der Waals surface area contributed by atoms with E-state index in [9.17, 15) is 20.4 Å². The monoisotopic (exact) mass is 444 g/mol. The minimum atomic E-state index is -1.59. The highest BCUT2D eigenvalue weighted by atomic mass is 17.2. The molecule has 5 atom stereocenters. The Morgan fingerprint density at radius 2 is 1.78 bits per heavy atom. The Kier molecular flexibility index (Phi) is 6.75. The average Bonchev–Trinajstić information content (AvgIpc) is 3.18. The second-order valence-electron chi connectivity index (χ2n) is 8.05. The lowest BCUT2D eigenvalue weighted by atomic mass is 9.99. The van der Waals surface area contributed by atoms with Crippen molar-refractivity contribution in [1.82, 2.24) is 9.55 Å². The number of aromatic nitrogens is 2. The fraction of sp³-hybridized carbons (Fsp3) is 0.435. The maximum absolute atomic E-state index is 10.3. The Balaban J connectivity index is 1.57. The lowest BCUT2D eigenvalue weighted by Crippen LogP contribution is -2.59. The third-order valence-corrected chi connectivity index (χ3v) is 5.70. The number of aliphatic hydroxyl groups is 4. The zero-order valence-electron chi connectivity index (χ0n) is 18.0. The molecule has 0 aliphatic carbocycles. The van der Waals surface area contributed by atoms with Gasteiger partial charge in [0.2, 0.25) is 0 Å². The quantitative estimate of drug-likeness (QED) is 0.315. The Bertz CT molecular complexity index is 1050. The number of benzene rings is 2. The SMILES string of the molecule is CCc1ccc(Cn2cnc3cc(C)cc(OO[C@H]4C(O)O[C@H](CO)[C@@H](O)[C@@H]4O)c32)cc1. The molecule has 2 heterocycles. The smallest absolute Gasteiger partial charge is 0.191 e. The van der Waals surface area contributed by atoms with Crippen LogP contribution in [0, 0.1) is 6.92 Å². The van der Waals surface area contributed by atoms with Crippen LogP contribution in [0.1, 0.15) is 23.6 Å². The van der Waals surface area contributed by atoms with Gasteiger partial charge in [0, 0.05) is 6.54 Å². The summed E-state index contributed by atoms with van der Waals surface area (Å²) in [6.07, 6.45) is -4.35. The van der Waals surface area contributed by atoms with Crippen LogP contribution in [0.2, 0.25) is 0 Å². The molecule has 1 aliphatic heterocycles. The predicted molar refractivity (Wildman–Crippen MR) is 115 cm³/mol. The Hall–Kier alpha value is -2.53. The summed E-state index contributed by atoms with van der Waals surface area (Å²) in [6.45, 7) is 4.00. The predicted octanol–water partition coefficient (Wildman–Crippen LogP) is 1.07. The topological polar surface area (TPSA) is 126 Å². The summed E-state index contributed by atoms with van der Waals surface area (Å²) in [5.41, 5.74) is 4.63. The third kappa shape index (κ3) is 4.49. The molecular formula is C23H28N2O7. The van der Waals surface area contributed by atoms with Crippen molar-refractivity contribution in [2.45, 2.75) is 57.5 Å². The number of nitrogens with zero attached hydrogens (tertiary/aromatic N) is 2. The number of rotatable bonds is 7. The van der Waals surface area contributed by atoms with Crippen molar-refractivity contribution in [3.63, 3.8) is 0 Å². The van der Waals surface area contributed by atoms with E-state index >= 15 is 0 Å². The van der Waals surface area contributed by atoms with E-state index < -0.39 is 37.3 Å². The van der Waals surface area contributed by atoms with Crippen molar-refractivity contribution < 1.29 is 34.9 Å². The number of hydrogen-bond acceptors (Lipinski definition) is 8. The molecule has 0 radical (unpaired) electrons. The van der Waals surface area contributed by atoms with Crippen molar-refractivity contribution >= 4 is 11.0 Å². The maximum atomic E-state index is 10.3. The normalized spacial score (nSPS) is 25.9. The lowest BCUT2D eigenvalue weighted by molar-refractivity contribution is -0.364. The maximum Gasteiger partial charge on any atom is 0.191 e. The van der Waals surface area contributed by atoms with E-state index in [1.807, 2.05) is 17.6 Å². The van der Waals surface area contributed by atoms with Crippen molar-refractivity contribution in [2.75, 3.05) is 6.61 Å². The van der Waals surface area contributed by atoms with Crippen LogP contribution in [0.3, 0.4) is 0 Å². The van der Waals surface area contributed by atoms with Crippen molar-refractivity contribution in [3.8, 4) is 5.75 Å². The molecule has 172 valence electrons. The van der Waals surface area contributed by atoms with Gasteiger partial charge < -0.3 is 34.6 Å². The van der Waals surface area contributed by atoms with E-state index in [0.29, 0.717) is 23.3 Å². The molecular weight excluding hydrogens is 416 g/mol. The Morgan fingerprint density at radius 1 is 1.06 bits per heavy atom. The van der Waals surface area contributed by atoms with Gasteiger partial charge in [-0.1, -0.05) is 31.2 Å². The first-order valence-corrected chi connectivity index (χ1v) is 10.6. The zero-order valence-corrected chi connectivity index (χ0v) is 18.0.